The zero-order valence-electron chi connectivity index (χ0n) is 54.9. The van der Waals surface area contributed by atoms with Gasteiger partial charge in [-0.15, -0.1) is 0 Å². The Labute approximate surface area is 530 Å². The van der Waals surface area contributed by atoms with Gasteiger partial charge in [-0.1, -0.05) is 51.5 Å². The summed E-state index contributed by atoms with van der Waals surface area (Å²) >= 11 is 0. The highest BCUT2D eigenvalue weighted by Crippen LogP contribution is 2.42. The summed E-state index contributed by atoms with van der Waals surface area (Å²) in [5.41, 5.74) is 6.19. The number of methoxy groups -OCH3 is 4. The number of ether oxygens (including phenoxy) is 13. The van der Waals surface area contributed by atoms with Crippen LogP contribution in [0.15, 0.2) is 85.0 Å². The molecule has 2 heterocycles. The molecule has 4 aromatic rings. The van der Waals surface area contributed by atoms with Crippen LogP contribution in [0.3, 0.4) is 0 Å². The third kappa shape index (κ3) is 19.0. The number of aliphatic hydroxyl groups excluding tert-OH is 1. The zero-order valence-corrected chi connectivity index (χ0v) is 53.9. The molecule has 1 amide bonds. The molecule has 0 bridgehead atoms. The number of nitrogens with zero attached hydrogens (tertiary/aromatic N) is 1. The largest absolute Gasteiger partial charge is 0.493 e. The monoisotopic (exact) mass is 1250 g/mol. The van der Waals surface area contributed by atoms with Crippen LogP contribution in [-0.2, 0) is 62.4 Å². The lowest BCUT2D eigenvalue weighted by molar-refractivity contribution is -0.240. The molecule has 1 saturated carbocycles. The van der Waals surface area contributed by atoms with E-state index >= 15 is 0 Å². The minimum absolute atomic E-state index is 0.0240. The van der Waals surface area contributed by atoms with E-state index in [1.165, 1.54) is 20.3 Å². The average Bonchev–Trinajstić information content (AvgIpc) is 1.79. The standard InChI is InChI=1S/C70H91NO19/c1-13-51-25-42(2)27-58(51)67(76)59-36-63(79-10)64(33-52(59)34-65(74)89-54-16-17-56(60(73)15-14-18-78-9)62(35-54)90-70-68(81-12)47(7)46(6)48(8)88-70)87-40-50-30-49(31-55(32-50)85-24-23-83-20-19-82-21-22-84-41-66(75)80-11)39-86-61-29-44(4)57(28-45(61)5)69(77)71-37-43(3)26-53(71)38-72/h16-17,28-33,35-36,46-48,51,53,58,68,70,72H,2-3,13-15,18-27,34,37-41H2,1,4-12H3/t46?,47-,48+,51+,53?,58?,68?,70-/m0/s1/i72T. The number of carbonyl (C=O) groups is 5. The third-order valence-corrected chi connectivity index (χ3v) is 17.0. The molecule has 7 rings (SSSR count). The average molecular weight is 1250 g/mol. The van der Waals surface area contributed by atoms with Gasteiger partial charge in [-0.25, -0.2) is 4.79 Å². The lowest BCUT2D eigenvalue weighted by Gasteiger charge is -2.42. The smallest absolute Gasteiger partial charge is 0.331 e. The van der Waals surface area contributed by atoms with E-state index in [-0.39, 0.29) is 154 Å². The Morgan fingerprint density at radius 3 is 2.08 bits per heavy atom. The first-order valence-electron chi connectivity index (χ1n) is 31.3. The van der Waals surface area contributed by atoms with Crippen LogP contribution in [-0.4, -0.2) is 160 Å². The van der Waals surface area contributed by atoms with Crippen molar-refractivity contribution in [3.63, 3.8) is 0 Å². The number of hydrogen-bond acceptors (Lipinski definition) is 19. The Balaban J connectivity index is 1.14. The van der Waals surface area contributed by atoms with Crippen LogP contribution in [0.5, 0.6) is 34.5 Å². The maximum Gasteiger partial charge on any atom is 0.331 e. The Morgan fingerprint density at radius 2 is 1.40 bits per heavy atom. The van der Waals surface area contributed by atoms with Crippen molar-refractivity contribution in [2.45, 2.75) is 124 Å². The first kappa shape index (κ1) is 68.7. The second-order valence-corrected chi connectivity index (χ2v) is 23.4. The molecule has 90 heavy (non-hydrogen) atoms. The number of aryl methyl sites for hydroxylation is 2. The summed E-state index contributed by atoms with van der Waals surface area (Å²) in [6.45, 7) is 22.5. The summed E-state index contributed by atoms with van der Waals surface area (Å²) in [5.74, 6) is 0.0758. The van der Waals surface area contributed by atoms with Crippen LogP contribution in [0.1, 0.15) is 125 Å². The van der Waals surface area contributed by atoms with E-state index in [1.807, 2.05) is 51.1 Å². The maximum absolute atomic E-state index is 14.8. The van der Waals surface area contributed by atoms with Crippen molar-refractivity contribution >= 4 is 29.4 Å². The molecule has 8 atom stereocenters. The molecule has 490 valence electrons. The Hall–Kier alpha value is -7.17. The second kappa shape index (κ2) is 34.3. The SMILES string of the molecule is [3H]OCC1CC(=C)CN1C(=O)c1cc(C)c(OCc2cc(COc3cc(CC(=O)Oc4ccc(C(=O)CCCOC)c(O[C@@H]5O[C@H](C)C(C)[C@H](C)C5OC)c4)c(C(=O)C4CC(=C)C[C@H]4CC)cc3OC)cc(OCCOCCOCCOCC(=O)OC)c2)cc1C. The molecule has 2 saturated heterocycles. The van der Waals surface area contributed by atoms with Crippen molar-refractivity contribution < 1.29 is 90.7 Å². The van der Waals surface area contributed by atoms with Gasteiger partial charge in [0.15, 0.2) is 23.1 Å². The molecule has 0 radical (unpaired) electrons. The van der Waals surface area contributed by atoms with Crippen molar-refractivity contribution in [1.82, 2.24) is 4.90 Å². The number of likely N-dealkylation sites (tertiary alicyclic amines) is 1. The van der Waals surface area contributed by atoms with Crippen molar-refractivity contribution in [2.24, 2.45) is 23.7 Å². The molecular weight excluding hydrogens is 1160 g/mol. The van der Waals surface area contributed by atoms with Crippen LogP contribution >= 0.6 is 0 Å². The number of aliphatic hydroxyl groups is 1. The highest BCUT2D eigenvalue weighted by atomic mass is 16.7. The van der Waals surface area contributed by atoms with Crippen LogP contribution in [0.2, 0.25) is 0 Å². The summed E-state index contributed by atoms with van der Waals surface area (Å²) in [4.78, 5) is 69.8. The van der Waals surface area contributed by atoms with E-state index in [0.717, 1.165) is 35.1 Å². The van der Waals surface area contributed by atoms with Gasteiger partial charge in [-0.2, -0.15) is 0 Å². The van der Waals surface area contributed by atoms with E-state index in [0.29, 0.717) is 78.3 Å². The van der Waals surface area contributed by atoms with Gasteiger partial charge >= 0.3 is 11.9 Å². The van der Waals surface area contributed by atoms with Crippen molar-refractivity contribution in [3.05, 3.63) is 129 Å². The molecule has 2 aliphatic heterocycles. The predicted molar refractivity (Wildman–Crippen MR) is 335 cm³/mol. The third-order valence-electron chi connectivity index (χ3n) is 17.0. The number of rotatable bonds is 36. The van der Waals surface area contributed by atoms with E-state index < -0.39 is 24.3 Å². The molecule has 3 aliphatic rings. The molecule has 3 fully saturated rings. The molecule has 20 nitrogen and oxygen atoms in total. The van der Waals surface area contributed by atoms with Gasteiger partial charge in [0, 0.05) is 56.9 Å². The summed E-state index contributed by atoms with van der Waals surface area (Å²) < 4.78 is 83.7. The quantitative estimate of drug-likeness (QED) is 0.0147. The van der Waals surface area contributed by atoms with E-state index in [2.05, 4.69) is 43.8 Å². The molecular formula is C70H91NO19. The minimum Gasteiger partial charge on any atom is -0.493 e. The Kier molecular flexibility index (Phi) is 26.2. The van der Waals surface area contributed by atoms with E-state index in [4.69, 9.17) is 58.3 Å². The number of allylic oxidation sites excluding steroid dienone is 1. The van der Waals surface area contributed by atoms with E-state index in [1.54, 1.807) is 43.4 Å². The van der Waals surface area contributed by atoms with Crippen LogP contribution in [0, 0.1) is 37.5 Å². The summed E-state index contributed by atoms with van der Waals surface area (Å²) in [7, 11) is 5.95. The van der Waals surface area contributed by atoms with Crippen molar-refractivity contribution in [3.8, 4) is 34.5 Å². The molecule has 0 aromatic heterocycles. The lowest BCUT2D eigenvalue weighted by atomic mass is 9.84. The number of hydrogen-bond donors (Lipinski definition) is 1. The van der Waals surface area contributed by atoms with Gasteiger partial charge in [-0.3, -0.25) is 19.2 Å². The first-order chi connectivity index (χ1) is 43.8. The van der Waals surface area contributed by atoms with Crippen molar-refractivity contribution in [1.29, 1.82) is 1.43 Å². The number of esters is 2. The van der Waals surface area contributed by atoms with Gasteiger partial charge < -0.3 is 71.6 Å². The highest BCUT2D eigenvalue weighted by molar-refractivity contribution is 6.02. The molecule has 4 aromatic carbocycles. The summed E-state index contributed by atoms with van der Waals surface area (Å²) in [6, 6.07) is 16.9. The minimum atomic E-state index is -0.872. The van der Waals surface area contributed by atoms with Gasteiger partial charge in [0.1, 0.15) is 55.5 Å². The van der Waals surface area contributed by atoms with Gasteiger partial charge in [0.2, 0.25) is 7.72 Å². The van der Waals surface area contributed by atoms with Crippen LogP contribution < -0.4 is 28.4 Å². The van der Waals surface area contributed by atoms with Gasteiger partial charge in [-0.05, 0) is 147 Å². The predicted octanol–water partition coefficient (Wildman–Crippen LogP) is 10.2. The number of ketones is 2. The Bertz CT molecular complexity index is 3160. The van der Waals surface area contributed by atoms with Gasteiger partial charge in [0.05, 0.1) is 78.0 Å². The fourth-order valence-electron chi connectivity index (χ4n) is 11.7. The second-order valence-electron chi connectivity index (χ2n) is 23.4. The molecule has 0 spiro atoms. The maximum atomic E-state index is 14.8. The Morgan fingerprint density at radius 1 is 0.689 bits per heavy atom. The van der Waals surface area contributed by atoms with Crippen LogP contribution in [0.25, 0.3) is 0 Å². The normalized spacial score (nSPS) is 20.8. The number of Topliss-reactive ketones (excluding diaryl/α,β-unsaturated/α-hetero) is 2. The van der Waals surface area contributed by atoms with Crippen LogP contribution in [0.4, 0.5) is 0 Å². The lowest BCUT2D eigenvalue weighted by Crippen LogP contribution is -2.51. The highest BCUT2D eigenvalue weighted by Gasteiger charge is 2.42. The number of amides is 1. The summed E-state index contributed by atoms with van der Waals surface area (Å²) in [5, 5.41) is 4.68. The number of carbonyl (C=O) groups excluding carboxylic acids is 5. The fraction of sp³-hybridized carbons (Fsp3) is 0.529. The molecule has 20 heteroatoms. The first-order valence-corrected chi connectivity index (χ1v) is 30.9. The summed E-state index contributed by atoms with van der Waals surface area (Å²) in [6.07, 6.45) is 1.36. The van der Waals surface area contributed by atoms with Gasteiger partial charge in [0.25, 0.3) is 5.91 Å². The molecule has 1 N–H and O–H groups in total. The molecule has 1 aliphatic carbocycles. The van der Waals surface area contributed by atoms with Crippen molar-refractivity contribution in [2.75, 3.05) is 94.4 Å². The number of benzene rings is 4. The van der Waals surface area contributed by atoms with E-state index in [9.17, 15) is 24.0 Å². The topological polar surface area (TPSA) is 229 Å². The molecule has 4 unspecified atom stereocenters. The zero-order chi connectivity index (χ0) is 65.7. The fourth-order valence-corrected chi connectivity index (χ4v) is 11.7.